The zero-order valence-electron chi connectivity index (χ0n) is 25.3. The maximum absolute atomic E-state index is 14.5. The van der Waals surface area contributed by atoms with Crippen LogP contribution in [0, 0.1) is 6.92 Å². The number of carbonyl (C=O) groups excluding carboxylic acids is 2. The SMILES string of the molecule is Cc1ccc(S(=O)(=O)N(CC(=O)N(Cc2ccccc2)[C@H](Cc2ccccc2)C(=O)NC2CCCC2)c2cccc(Br)c2)cc1. The Kier molecular flexibility index (Phi) is 10.7. The molecule has 0 saturated heterocycles. The molecule has 1 fully saturated rings. The Labute approximate surface area is 274 Å². The maximum atomic E-state index is 14.5. The number of nitrogens with one attached hydrogen (secondary N) is 1. The molecule has 0 aliphatic heterocycles. The van der Waals surface area contributed by atoms with Gasteiger partial charge in [0.25, 0.3) is 10.0 Å². The molecule has 2 amide bonds. The molecule has 0 bridgehead atoms. The fourth-order valence-electron chi connectivity index (χ4n) is 5.70. The van der Waals surface area contributed by atoms with E-state index < -0.39 is 28.5 Å². The largest absolute Gasteiger partial charge is 0.352 e. The zero-order chi connectivity index (χ0) is 31.8. The van der Waals surface area contributed by atoms with E-state index in [1.807, 2.05) is 67.6 Å². The average molecular weight is 689 g/mol. The van der Waals surface area contributed by atoms with E-state index in [9.17, 15) is 18.0 Å². The first-order valence-electron chi connectivity index (χ1n) is 15.2. The van der Waals surface area contributed by atoms with E-state index in [4.69, 9.17) is 0 Å². The number of carbonyl (C=O) groups is 2. The Morgan fingerprint density at radius 1 is 0.844 bits per heavy atom. The van der Waals surface area contributed by atoms with Gasteiger partial charge in [-0.25, -0.2) is 8.42 Å². The summed E-state index contributed by atoms with van der Waals surface area (Å²) in [5, 5.41) is 3.20. The van der Waals surface area contributed by atoms with Crippen molar-refractivity contribution in [2.24, 2.45) is 0 Å². The third-order valence-corrected chi connectivity index (χ3v) is 10.4. The minimum Gasteiger partial charge on any atom is -0.352 e. The number of nitrogens with zero attached hydrogens (tertiary/aromatic N) is 2. The molecule has 45 heavy (non-hydrogen) atoms. The predicted molar refractivity (Wildman–Crippen MR) is 181 cm³/mol. The minimum atomic E-state index is -4.15. The van der Waals surface area contributed by atoms with Crippen LogP contribution in [0.1, 0.15) is 42.4 Å². The highest BCUT2D eigenvalue weighted by Gasteiger charge is 2.35. The number of amides is 2. The smallest absolute Gasteiger partial charge is 0.264 e. The van der Waals surface area contributed by atoms with Gasteiger partial charge >= 0.3 is 0 Å². The lowest BCUT2D eigenvalue weighted by Crippen LogP contribution is -2.54. The van der Waals surface area contributed by atoms with Crippen molar-refractivity contribution < 1.29 is 18.0 Å². The lowest BCUT2D eigenvalue weighted by Gasteiger charge is -2.34. The van der Waals surface area contributed by atoms with Crippen LogP contribution >= 0.6 is 15.9 Å². The van der Waals surface area contributed by atoms with Crippen molar-refractivity contribution in [2.75, 3.05) is 10.8 Å². The lowest BCUT2D eigenvalue weighted by atomic mass is 10.0. The second-order valence-electron chi connectivity index (χ2n) is 11.5. The van der Waals surface area contributed by atoms with Gasteiger partial charge in [-0.1, -0.05) is 113 Å². The molecule has 7 nitrogen and oxygen atoms in total. The van der Waals surface area contributed by atoms with Crippen LogP contribution in [0.3, 0.4) is 0 Å². The molecule has 0 radical (unpaired) electrons. The summed E-state index contributed by atoms with van der Waals surface area (Å²) >= 11 is 3.45. The third-order valence-electron chi connectivity index (χ3n) is 8.15. The van der Waals surface area contributed by atoms with E-state index in [0.29, 0.717) is 16.6 Å². The fourth-order valence-corrected chi connectivity index (χ4v) is 7.49. The van der Waals surface area contributed by atoms with Gasteiger partial charge in [0.1, 0.15) is 12.6 Å². The standard InChI is InChI=1S/C36H38BrN3O4S/c1-27-19-21-33(22-20-27)45(43,44)40(32-18-10-15-30(37)24-32)26-35(41)39(25-29-13-6-3-7-14-29)34(23-28-11-4-2-5-12-28)36(42)38-31-16-8-9-17-31/h2-7,10-15,18-22,24,31,34H,8-9,16-17,23,25-26H2,1H3,(H,38,42)/t34-/m1/s1. The fraction of sp³-hybridized carbons (Fsp3) is 0.278. The van der Waals surface area contributed by atoms with E-state index in [0.717, 1.165) is 46.7 Å². The summed E-state index contributed by atoms with van der Waals surface area (Å²) in [7, 11) is -4.15. The van der Waals surface area contributed by atoms with Crippen molar-refractivity contribution in [2.45, 2.75) is 62.6 Å². The van der Waals surface area contributed by atoms with Gasteiger partial charge < -0.3 is 10.2 Å². The first kappa shape index (κ1) is 32.4. The summed E-state index contributed by atoms with van der Waals surface area (Å²) in [6, 6.07) is 31.7. The topological polar surface area (TPSA) is 86.8 Å². The first-order valence-corrected chi connectivity index (χ1v) is 17.5. The van der Waals surface area contributed by atoms with Gasteiger partial charge in [0.15, 0.2) is 0 Å². The van der Waals surface area contributed by atoms with Crippen LogP contribution in [0.5, 0.6) is 0 Å². The molecule has 5 rings (SSSR count). The maximum Gasteiger partial charge on any atom is 0.264 e. The quantitative estimate of drug-likeness (QED) is 0.181. The Morgan fingerprint density at radius 3 is 2.09 bits per heavy atom. The minimum absolute atomic E-state index is 0.0598. The number of aryl methyl sites for hydroxylation is 1. The van der Waals surface area contributed by atoms with Crippen molar-refractivity contribution in [1.82, 2.24) is 10.2 Å². The molecule has 0 unspecified atom stereocenters. The van der Waals surface area contributed by atoms with Crippen LogP contribution in [0.15, 0.2) is 119 Å². The highest BCUT2D eigenvalue weighted by atomic mass is 79.9. The van der Waals surface area contributed by atoms with Gasteiger partial charge in [0, 0.05) is 23.5 Å². The molecule has 234 valence electrons. The lowest BCUT2D eigenvalue weighted by molar-refractivity contribution is -0.140. The van der Waals surface area contributed by atoms with Crippen LogP contribution in [-0.2, 0) is 32.6 Å². The van der Waals surface area contributed by atoms with E-state index >= 15 is 0 Å². The molecular weight excluding hydrogens is 650 g/mol. The van der Waals surface area contributed by atoms with Crippen molar-refractivity contribution >= 4 is 43.5 Å². The predicted octanol–water partition coefficient (Wildman–Crippen LogP) is 6.65. The number of hydrogen-bond acceptors (Lipinski definition) is 4. The summed E-state index contributed by atoms with van der Waals surface area (Å²) in [6.45, 7) is 1.55. The number of halogens is 1. The Balaban J connectivity index is 1.55. The Morgan fingerprint density at radius 2 is 1.47 bits per heavy atom. The monoisotopic (exact) mass is 687 g/mol. The number of rotatable bonds is 12. The molecule has 9 heteroatoms. The van der Waals surface area contributed by atoms with Crippen molar-refractivity contribution in [3.8, 4) is 0 Å². The summed E-state index contributed by atoms with van der Waals surface area (Å²) in [6.07, 6.45) is 4.21. The average Bonchev–Trinajstić information content (AvgIpc) is 3.55. The van der Waals surface area contributed by atoms with E-state index in [1.54, 1.807) is 53.4 Å². The molecule has 1 atom stereocenters. The summed E-state index contributed by atoms with van der Waals surface area (Å²) in [5.74, 6) is -0.706. The molecule has 1 aliphatic rings. The van der Waals surface area contributed by atoms with Crippen LogP contribution in [0.2, 0.25) is 0 Å². The normalized spacial score (nSPS) is 14.1. The van der Waals surface area contributed by atoms with Crippen LogP contribution in [0.4, 0.5) is 5.69 Å². The Hall–Kier alpha value is -3.95. The van der Waals surface area contributed by atoms with Gasteiger partial charge in [-0.3, -0.25) is 13.9 Å². The molecular formula is C36H38BrN3O4S. The Bertz CT molecular complexity index is 1690. The van der Waals surface area contributed by atoms with Crippen molar-refractivity contribution in [1.29, 1.82) is 0 Å². The van der Waals surface area contributed by atoms with Crippen LogP contribution < -0.4 is 9.62 Å². The van der Waals surface area contributed by atoms with Gasteiger partial charge in [0.05, 0.1) is 10.6 Å². The molecule has 0 heterocycles. The second-order valence-corrected chi connectivity index (χ2v) is 14.3. The van der Waals surface area contributed by atoms with E-state index in [2.05, 4.69) is 21.2 Å². The van der Waals surface area contributed by atoms with Crippen molar-refractivity contribution in [3.63, 3.8) is 0 Å². The van der Waals surface area contributed by atoms with Crippen molar-refractivity contribution in [3.05, 3.63) is 130 Å². The molecule has 0 aromatic heterocycles. The molecule has 1 saturated carbocycles. The van der Waals surface area contributed by atoms with Gasteiger partial charge in [-0.2, -0.15) is 0 Å². The molecule has 1 N–H and O–H groups in total. The highest BCUT2D eigenvalue weighted by molar-refractivity contribution is 9.10. The van der Waals surface area contributed by atoms with Crippen LogP contribution in [0.25, 0.3) is 0 Å². The van der Waals surface area contributed by atoms with E-state index in [-0.39, 0.29) is 23.4 Å². The molecule has 0 spiro atoms. The summed E-state index contributed by atoms with van der Waals surface area (Å²) < 4.78 is 30.1. The van der Waals surface area contributed by atoms with Gasteiger partial charge in [-0.05, 0) is 61.2 Å². The second kappa shape index (κ2) is 14.9. The number of benzene rings is 4. The summed E-state index contributed by atoms with van der Waals surface area (Å²) in [5.41, 5.74) is 3.01. The number of hydrogen-bond donors (Lipinski definition) is 1. The first-order chi connectivity index (χ1) is 21.7. The van der Waals surface area contributed by atoms with E-state index in [1.165, 1.54) is 0 Å². The molecule has 1 aliphatic carbocycles. The highest BCUT2D eigenvalue weighted by Crippen LogP contribution is 2.28. The number of anilines is 1. The van der Waals surface area contributed by atoms with Gasteiger partial charge in [0.2, 0.25) is 11.8 Å². The number of sulfonamides is 1. The molecule has 4 aromatic carbocycles. The summed E-state index contributed by atoms with van der Waals surface area (Å²) in [4.78, 5) is 30.2. The third kappa shape index (κ3) is 8.41. The zero-order valence-corrected chi connectivity index (χ0v) is 27.7. The van der Waals surface area contributed by atoms with Gasteiger partial charge in [-0.15, -0.1) is 0 Å². The molecule has 4 aromatic rings. The van der Waals surface area contributed by atoms with Crippen LogP contribution in [-0.4, -0.2) is 43.8 Å².